The summed E-state index contributed by atoms with van der Waals surface area (Å²) in [5.74, 6) is -0.133. The number of carbonyl (C=O) groups is 1. The average molecular weight is 384 g/mol. The number of aliphatic imine (C=N–C) groups is 1. The van der Waals surface area contributed by atoms with Gasteiger partial charge in [0, 0.05) is 5.56 Å². The summed E-state index contributed by atoms with van der Waals surface area (Å²) >= 11 is 0. The van der Waals surface area contributed by atoms with E-state index in [9.17, 15) is 4.79 Å². The van der Waals surface area contributed by atoms with Gasteiger partial charge in [0.05, 0.1) is 12.7 Å². The number of benzene rings is 2. The fraction of sp³-hybridized carbons (Fsp3) is 0.130. The van der Waals surface area contributed by atoms with Gasteiger partial charge in [-0.25, -0.2) is 14.5 Å². The molecule has 0 saturated heterocycles. The lowest BCUT2D eigenvalue weighted by atomic mass is 10.1. The number of cyclic esters (lactones) is 1. The molecular weight excluding hydrogens is 364 g/mol. The van der Waals surface area contributed by atoms with Crippen LogP contribution < -0.4 is 0 Å². The van der Waals surface area contributed by atoms with Crippen LogP contribution in [-0.2, 0) is 16.1 Å². The van der Waals surface area contributed by atoms with Gasteiger partial charge in [0.25, 0.3) is 0 Å². The third kappa shape index (κ3) is 4.55. The maximum Gasteiger partial charge on any atom is 0.363 e. The molecule has 0 unspecified atom stereocenters. The molecule has 29 heavy (non-hydrogen) atoms. The number of allylic oxidation sites excluding steroid dienone is 2. The van der Waals surface area contributed by atoms with Gasteiger partial charge in [0.15, 0.2) is 5.70 Å². The number of aromatic nitrogens is 3. The van der Waals surface area contributed by atoms with Gasteiger partial charge in [0.1, 0.15) is 5.69 Å². The summed E-state index contributed by atoms with van der Waals surface area (Å²) in [6, 6.07) is 16.0. The second kappa shape index (κ2) is 8.06. The highest BCUT2D eigenvalue weighted by atomic mass is 16.6. The predicted molar refractivity (Wildman–Crippen MR) is 111 cm³/mol. The monoisotopic (exact) mass is 384 g/mol. The van der Waals surface area contributed by atoms with Crippen molar-refractivity contribution < 1.29 is 9.53 Å². The molecule has 0 radical (unpaired) electrons. The smallest absolute Gasteiger partial charge is 0.363 e. The third-order valence-electron chi connectivity index (χ3n) is 4.35. The van der Waals surface area contributed by atoms with Crippen LogP contribution in [0.15, 0.2) is 77.6 Å². The van der Waals surface area contributed by atoms with E-state index in [1.165, 1.54) is 0 Å². The Morgan fingerprint density at radius 2 is 1.83 bits per heavy atom. The average Bonchev–Trinajstić information content (AvgIpc) is 3.29. The van der Waals surface area contributed by atoms with Crippen LogP contribution in [0.4, 0.5) is 0 Å². The standard InChI is InChI=1S/C23H20N4O2/c1-16-11-17(2)13-19(12-16)22-24-21(23(28)29-22)10-6-9-20-15-27(26-25-20)14-18-7-4-3-5-8-18/h3-13,15H,14H2,1-2H3. The Bertz CT molecular complexity index is 1120. The van der Waals surface area contributed by atoms with Crippen LogP contribution in [0.2, 0.25) is 0 Å². The number of carbonyl (C=O) groups excluding carboxylic acids is 1. The van der Waals surface area contributed by atoms with Gasteiger partial charge in [-0.15, -0.1) is 5.10 Å². The molecule has 0 fully saturated rings. The lowest BCUT2D eigenvalue weighted by Crippen LogP contribution is -2.05. The van der Waals surface area contributed by atoms with Crippen LogP contribution in [0, 0.1) is 13.8 Å². The molecule has 0 atom stereocenters. The van der Waals surface area contributed by atoms with Crippen molar-refractivity contribution in [1.29, 1.82) is 0 Å². The number of rotatable bonds is 5. The summed E-state index contributed by atoms with van der Waals surface area (Å²) in [7, 11) is 0. The van der Waals surface area contributed by atoms with E-state index in [4.69, 9.17) is 4.74 Å². The highest BCUT2D eigenvalue weighted by Gasteiger charge is 2.23. The molecule has 6 heteroatoms. The first-order chi connectivity index (χ1) is 14.1. The summed E-state index contributed by atoms with van der Waals surface area (Å²) in [6.07, 6.45) is 6.97. The number of hydrogen-bond donors (Lipinski definition) is 0. The summed E-state index contributed by atoms with van der Waals surface area (Å²) in [5, 5.41) is 8.24. The molecule has 1 aliphatic heterocycles. The van der Waals surface area contributed by atoms with E-state index in [2.05, 4.69) is 21.4 Å². The molecule has 0 saturated carbocycles. The Morgan fingerprint density at radius 3 is 2.59 bits per heavy atom. The first-order valence-electron chi connectivity index (χ1n) is 9.29. The van der Waals surface area contributed by atoms with Crippen molar-refractivity contribution >= 4 is 17.9 Å². The number of aryl methyl sites for hydroxylation is 2. The summed E-state index contributed by atoms with van der Waals surface area (Å²) < 4.78 is 7.09. The minimum atomic E-state index is -0.462. The Balaban J connectivity index is 1.46. The molecule has 0 aliphatic carbocycles. The van der Waals surface area contributed by atoms with Gasteiger partial charge in [-0.1, -0.05) is 58.8 Å². The Hall–Kier alpha value is -3.80. The summed E-state index contributed by atoms with van der Waals surface area (Å²) in [5.41, 5.74) is 5.09. The van der Waals surface area contributed by atoms with Crippen molar-refractivity contribution in [1.82, 2.24) is 15.0 Å². The first-order valence-corrected chi connectivity index (χ1v) is 9.29. The lowest BCUT2D eigenvalue weighted by Gasteiger charge is -2.03. The van der Waals surface area contributed by atoms with E-state index < -0.39 is 5.97 Å². The van der Waals surface area contributed by atoms with Crippen LogP contribution >= 0.6 is 0 Å². The van der Waals surface area contributed by atoms with Crippen LogP contribution in [0.5, 0.6) is 0 Å². The van der Waals surface area contributed by atoms with Crippen molar-refractivity contribution in [3.63, 3.8) is 0 Å². The molecule has 6 nitrogen and oxygen atoms in total. The van der Waals surface area contributed by atoms with Crippen molar-refractivity contribution in [2.45, 2.75) is 20.4 Å². The largest absolute Gasteiger partial charge is 0.402 e. The highest BCUT2D eigenvalue weighted by Crippen LogP contribution is 2.18. The zero-order valence-corrected chi connectivity index (χ0v) is 16.2. The minimum absolute atomic E-state index is 0.257. The van der Waals surface area contributed by atoms with E-state index in [0.717, 1.165) is 22.3 Å². The number of nitrogens with zero attached hydrogens (tertiary/aromatic N) is 4. The van der Waals surface area contributed by atoms with Gasteiger partial charge in [-0.3, -0.25) is 0 Å². The fourth-order valence-corrected chi connectivity index (χ4v) is 3.12. The van der Waals surface area contributed by atoms with E-state index in [1.54, 1.807) is 22.9 Å². The third-order valence-corrected chi connectivity index (χ3v) is 4.35. The molecule has 0 spiro atoms. The molecule has 0 amide bonds. The van der Waals surface area contributed by atoms with Gasteiger partial charge in [-0.05, 0) is 43.7 Å². The quantitative estimate of drug-likeness (QED) is 0.495. The molecule has 3 aromatic rings. The molecule has 1 aliphatic rings. The highest BCUT2D eigenvalue weighted by molar-refractivity contribution is 6.11. The Kier molecular flexibility index (Phi) is 5.16. The van der Waals surface area contributed by atoms with Gasteiger partial charge < -0.3 is 4.74 Å². The van der Waals surface area contributed by atoms with Crippen molar-refractivity contribution in [2.75, 3.05) is 0 Å². The molecule has 0 bridgehead atoms. The predicted octanol–water partition coefficient (Wildman–Crippen LogP) is 3.84. The van der Waals surface area contributed by atoms with E-state index in [-0.39, 0.29) is 5.70 Å². The normalized spacial score (nSPS) is 15.2. The second-order valence-electron chi connectivity index (χ2n) is 6.92. The molecule has 144 valence electrons. The van der Waals surface area contributed by atoms with Crippen LogP contribution in [0.25, 0.3) is 6.08 Å². The maximum absolute atomic E-state index is 12.1. The van der Waals surface area contributed by atoms with Crippen molar-refractivity contribution in [3.05, 3.63) is 101 Å². The van der Waals surface area contributed by atoms with Gasteiger partial charge in [-0.2, -0.15) is 0 Å². The van der Waals surface area contributed by atoms with Gasteiger partial charge >= 0.3 is 5.97 Å². The van der Waals surface area contributed by atoms with Crippen LogP contribution in [0.3, 0.4) is 0 Å². The van der Waals surface area contributed by atoms with Crippen LogP contribution in [-0.4, -0.2) is 26.9 Å². The molecule has 2 heterocycles. The number of hydrogen-bond acceptors (Lipinski definition) is 5. The zero-order valence-electron chi connectivity index (χ0n) is 16.2. The molecule has 0 N–H and O–H groups in total. The Morgan fingerprint density at radius 1 is 1.07 bits per heavy atom. The maximum atomic E-state index is 12.1. The Labute approximate surface area is 168 Å². The molecule has 4 rings (SSSR count). The molecule has 1 aromatic heterocycles. The van der Waals surface area contributed by atoms with E-state index >= 15 is 0 Å². The number of ether oxygens (including phenoxy) is 1. The molecular formula is C23H20N4O2. The second-order valence-corrected chi connectivity index (χ2v) is 6.92. The van der Waals surface area contributed by atoms with E-state index in [1.807, 2.05) is 62.5 Å². The molecule has 2 aromatic carbocycles. The van der Waals surface area contributed by atoms with Crippen LogP contribution in [0.1, 0.15) is 27.9 Å². The van der Waals surface area contributed by atoms with Crippen molar-refractivity contribution in [2.24, 2.45) is 4.99 Å². The summed E-state index contributed by atoms with van der Waals surface area (Å²) in [4.78, 5) is 16.4. The SMILES string of the molecule is Cc1cc(C)cc(C2=NC(=CC=Cc3cn(Cc4ccccc4)nn3)C(=O)O2)c1. The zero-order chi connectivity index (χ0) is 20.2. The number of esters is 1. The fourth-order valence-electron chi connectivity index (χ4n) is 3.12. The van der Waals surface area contributed by atoms with Gasteiger partial charge in [0.2, 0.25) is 5.90 Å². The first kappa shape index (κ1) is 18.6. The topological polar surface area (TPSA) is 69.4 Å². The summed E-state index contributed by atoms with van der Waals surface area (Å²) in [6.45, 7) is 4.65. The lowest BCUT2D eigenvalue weighted by molar-refractivity contribution is -0.130. The van der Waals surface area contributed by atoms with Crippen molar-refractivity contribution in [3.8, 4) is 0 Å². The van der Waals surface area contributed by atoms with E-state index in [0.29, 0.717) is 18.1 Å². The minimum Gasteiger partial charge on any atom is -0.402 e.